The van der Waals surface area contributed by atoms with Crippen LogP contribution in [0.4, 0.5) is 5.95 Å². The molecule has 2 fully saturated rings. The van der Waals surface area contributed by atoms with Crippen molar-refractivity contribution in [2.75, 3.05) is 25.5 Å². The Labute approximate surface area is 343 Å². The number of amides is 2. The van der Waals surface area contributed by atoms with Gasteiger partial charge in [-0.2, -0.15) is 4.89 Å². The number of H-pyrrole nitrogens is 2. The van der Waals surface area contributed by atoms with Crippen molar-refractivity contribution in [2.45, 2.75) is 63.7 Å². The second-order valence-electron chi connectivity index (χ2n) is 15.2. The molecule has 2 amide bonds. The lowest BCUT2D eigenvalue weighted by molar-refractivity contribution is -0.188. The van der Waals surface area contributed by atoms with Gasteiger partial charge in [-0.1, -0.05) is 92.7 Å². The highest BCUT2D eigenvalue weighted by Crippen LogP contribution is 2.36. The molecular formula is C45H48N10O4. The number of likely N-dealkylation sites (tertiary alicyclic amines) is 2. The van der Waals surface area contributed by atoms with Crippen LogP contribution in [-0.2, 0) is 19.4 Å². The molecule has 0 aliphatic carbocycles. The number of anilines is 1. The highest BCUT2D eigenvalue weighted by atomic mass is 17.2. The SMILES string of the molecule is COOC=N[C@@H](C(=O)N1CCC[C@H]1c1ncc(-c2ccc(-c3ccc(-c4cnc([C@@H]5CCCN5C(=O)[C@@H](Nc5ncccn5)C(C)C)[nH]4)cc3)cc2)[nH]1)c1ccccc1. The predicted molar refractivity (Wildman–Crippen MR) is 224 cm³/mol. The average molecular weight is 793 g/mol. The lowest BCUT2D eigenvalue weighted by Crippen LogP contribution is -2.45. The molecule has 14 heteroatoms. The first-order chi connectivity index (χ1) is 28.9. The monoisotopic (exact) mass is 792 g/mol. The van der Waals surface area contributed by atoms with Crippen LogP contribution in [0.1, 0.15) is 74.9 Å². The van der Waals surface area contributed by atoms with Crippen LogP contribution in [0.5, 0.6) is 0 Å². The maximum Gasteiger partial charge on any atom is 0.252 e. The van der Waals surface area contributed by atoms with Gasteiger partial charge < -0.3 is 30.0 Å². The maximum absolute atomic E-state index is 13.9. The minimum absolute atomic E-state index is 0.0253. The Morgan fingerprint density at radius 2 is 1.25 bits per heavy atom. The summed E-state index contributed by atoms with van der Waals surface area (Å²) >= 11 is 0. The molecule has 2 saturated heterocycles. The zero-order valence-electron chi connectivity index (χ0n) is 33.4. The molecule has 0 bridgehead atoms. The number of nitrogens with zero attached hydrogens (tertiary/aromatic N) is 7. The summed E-state index contributed by atoms with van der Waals surface area (Å²) in [6.45, 7) is 5.34. The molecular weight excluding hydrogens is 745 g/mol. The fraction of sp³-hybridized carbons (Fsp3) is 0.311. The molecule has 14 nitrogen and oxygen atoms in total. The third-order valence-electron chi connectivity index (χ3n) is 11.1. The van der Waals surface area contributed by atoms with Crippen LogP contribution in [0, 0.1) is 5.92 Å². The fourth-order valence-corrected chi connectivity index (χ4v) is 8.04. The van der Waals surface area contributed by atoms with Gasteiger partial charge in [-0.3, -0.25) is 9.59 Å². The van der Waals surface area contributed by atoms with Gasteiger partial charge in [0.2, 0.25) is 18.3 Å². The van der Waals surface area contributed by atoms with E-state index in [0.29, 0.717) is 19.0 Å². The Hall–Kier alpha value is -6.67. The Kier molecular flexibility index (Phi) is 11.9. The number of aliphatic imine (C=N–C) groups is 1. The highest BCUT2D eigenvalue weighted by Gasteiger charge is 2.38. The van der Waals surface area contributed by atoms with Gasteiger partial charge in [-0.25, -0.2) is 24.9 Å². The summed E-state index contributed by atoms with van der Waals surface area (Å²) in [5.41, 5.74) is 6.73. The van der Waals surface area contributed by atoms with Crippen molar-refractivity contribution in [3.05, 3.63) is 127 Å². The van der Waals surface area contributed by atoms with Gasteiger partial charge in [0.1, 0.15) is 17.7 Å². The molecule has 4 atom stereocenters. The van der Waals surface area contributed by atoms with E-state index in [0.717, 1.165) is 76.5 Å². The van der Waals surface area contributed by atoms with Gasteiger partial charge in [-0.05, 0) is 65.5 Å². The largest absolute Gasteiger partial charge is 0.342 e. The van der Waals surface area contributed by atoms with Gasteiger partial charge in [0.05, 0.1) is 43.0 Å². The van der Waals surface area contributed by atoms with Crippen LogP contribution < -0.4 is 5.32 Å². The second-order valence-corrected chi connectivity index (χ2v) is 15.2. The van der Waals surface area contributed by atoms with Gasteiger partial charge in [0, 0.05) is 25.5 Å². The lowest BCUT2D eigenvalue weighted by atomic mass is 10.0. The standard InChI is InChI=1S/C45H48N10O4/c1-29(2)39(53-45-46-22-9-23-47-45)43(56)54-24-7-12-37(54)41-48-26-35(51-41)32-18-14-30(15-19-32)31-16-20-33(21-17-31)36-27-49-42(52-36)38-13-8-25-55(38)44(57)40(50-28-59-58-3)34-10-5-4-6-11-34/h4-6,9-11,14-23,26-29,37-40H,7-8,12-13,24-25H2,1-3H3,(H,48,51)(H,49,52)(H,46,47,53)/t37-,38-,39-,40+/m0/s1. The Morgan fingerprint density at radius 1 is 0.729 bits per heavy atom. The average Bonchev–Trinajstić information content (AvgIpc) is 4.12. The predicted octanol–water partition coefficient (Wildman–Crippen LogP) is 7.74. The number of nitrogens with one attached hydrogen (secondary N) is 3. The van der Waals surface area contributed by atoms with Gasteiger partial charge in [-0.15, -0.1) is 0 Å². The number of carbonyl (C=O) groups excluding carboxylic acids is 2. The molecule has 0 radical (unpaired) electrons. The summed E-state index contributed by atoms with van der Waals surface area (Å²) in [4.78, 5) is 70.5. The summed E-state index contributed by atoms with van der Waals surface area (Å²) in [7, 11) is 1.39. The van der Waals surface area contributed by atoms with E-state index in [9.17, 15) is 9.59 Å². The number of aromatic amines is 2. The molecule has 2 aliphatic rings. The van der Waals surface area contributed by atoms with Crippen LogP contribution >= 0.6 is 0 Å². The van der Waals surface area contributed by atoms with Gasteiger partial charge in [0.15, 0.2) is 6.04 Å². The smallest absolute Gasteiger partial charge is 0.252 e. The second kappa shape index (κ2) is 17.9. The number of carbonyl (C=O) groups is 2. The minimum Gasteiger partial charge on any atom is -0.342 e. The normalized spacial score (nSPS) is 17.8. The van der Waals surface area contributed by atoms with E-state index in [-0.39, 0.29) is 29.8 Å². The van der Waals surface area contributed by atoms with Gasteiger partial charge in [0.25, 0.3) is 5.91 Å². The number of rotatable bonds is 14. The molecule has 0 unspecified atom stereocenters. The summed E-state index contributed by atoms with van der Waals surface area (Å²) in [5.74, 6) is 1.93. The highest BCUT2D eigenvalue weighted by molar-refractivity contribution is 5.86. The molecule has 2 aliphatic heterocycles. The number of benzene rings is 3. The number of imidazole rings is 2. The number of hydrogen-bond acceptors (Lipinski definition) is 10. The molecule has 3 aromatic carbocycles. The molecule has 6 aromatic rings. The van der Waals surface area contributed by atoms with Crippen molar-refractivity contribution in [2.24, 2.45) is 10.9 Å². The van der Waals surface area contributed by atoms with Crippen molar-refractivity contribution in [1.29, 1.82) is 0 Å². The molecule has 59 heavy (non-hydrogen) atoms. The summed E-state index contributed by atoms with van der Waals surface area (Å²) in [5, 5.41) is 3.25. The van der Waals surface area contributed by atoms with E-state index in [1.807, 2.05) is 66.4 Å². The molecule has 302 valence electrons. The first-order valence-electron chi connectivity index (χ1n) is 20.1. The first kappa shape index (κ1) is 39.2. The van der Waals surface area contributed by atoms with E-state index in [1.54, 1.807) is 18.5 Å². The molecule has 0 saturated carbocycles. The third-order valence-corrected chi connectivity index (χ3v) is 11.1. The van der Waals surface area contributed by atoms with Crippen molar-refractivity contribution in [3.63, 3.8) is 0 Å². The minimum atomic E-state index is -0.761. The maximum atomic E-state index is 13.9. The van der Waals surface area contributed by atoms with Crippen LogP contribution in [-0.4, -0.2) is 84.2 Å². The van der Waals surface area contributed by atoms with Gasteiger partial charge >= 0.3 is 0 Å². The third kappa shape index (κ3) is 8.63. The Morgan fingerprint density at radius 3 is 1.78 bits per heavy atom. The fourth-order valence-electron chi connectivity index (χ4n) is 8.04. The quantitative estimate of drug-likeness (QED) is 0.0433. The first-order valence-corrected chi connectivity index (χ1v) is 20.1. The van der Waals surface area contributed by atoms with E-state index in [4.69, 9.17) is 14.9 Å². The van der Waals surface area contributed by atoms with Crippen LogP contribution in [0.25, 0.3) is 33.6 Å². The summed E-state index contributed by atoms with van der Waals surface area (Å²) < 4.78 is 0. The number of aromatic nitrogens is 6. The molecule has 8 rings (SSSR count). The molecule has 5 heterocycles. The van der Waals surface area contributed by atoms with Crippen LogP contribution in [0.15, 0.2) is 115 Å². The van der Waals surface area contributed by atoms with E-state index < -0.39 is 12.1 Å². The summed E-state index contributed by atoms with van der Waals surface area (Å²) in [6.07, 6.45) is 11.6. The topological polar surface area (TPSA) is 167 Å². The Balaban J connectivity index is 0.918. The molecule has 3 aromatic heterocycles. The molecule has 3 N–H and O–H groups in total. The number of hydrogen-bond donors (Lipinski definition) is 3. The Bertz CT molecular complexity index is 2350. The van der Waals surface area contributed by atoms with Crippen LogP contribution in [0.3, 0.4) is 0 Å². The zero-order valence-corrected chi connectivity index (χ0v) is 33.4. The van der Waals surface area contributed by atoms with Crippen molar-refractivity contribution >= 4 is 24.2 Å². The van der Waals surface area contributed by atoms with E-state index >= 15 is 0 Å². The molecule has 0 spiro atoms. The van der Waals surface area contributed by atoms with E-state index in [1.165, 1.54) is 13.5 Å². The van der Waals surface area contributed by atoms with Crippen molar-refractivity contribution < 1.29 is 19.4 Å². The van der Waals surface area contributed by atoms with Crippen LogP contribution in [0.2, 0.25) is 0 Å². The lowest BCUT2D eigenvalue weighted by Gasteiger charge is -2.30. The summed E-state index contributed by atoms with van der Waals surface area (Å²) in [6, 6.07) is 26.4. The zero-order chi connectivity index (χ0) is 40.7. The van der Waals surface area contributed by atoms with E-state index in [2.05, 4.69) is 83.7 Å². The van der Waals surface area contributed by atoms with Crippen molar-refractivity contribution in [1.82, 2.24) is 39.7 Å². The van der Waals surface area contributed by atoms with Crippen molar-refractivity contribution in [3.8, 4) is 33.6 Å².